The maximum Gasteiger partial charge on any atom is 0.246 e. The minimum atomic E-state index is 0.0344. The summed E-state index contributed by atoms with van der Waals surface area (Å²) in [5.41, 5.74) is 0. The van der Waals surface area contributed by atoms with Crippen molar-refractivity contribution < 1.29 is 9.53 Å². The molecule has 0 fully saturated rings. The average Bonchev–Trinajstić information content (AvgIpc) is 2.72. The van der Waals surface area contributed by atoms with Crippen molar-refractivity contribution in [3.05, 3.63) is 28.0 Å². The first-order valence-electron chi connectivity index (χ1n) is 5.62. The van der Waals surface area contributed by atoms with Crippen molar-refractivity contribution in [2.75, 3.05) is 27.3 Å². The molecule has 94 valence electrons. The molecule has 0 aliphatic rings. The zero-order valence-corrected chi connectivity index (χ0v) is 11.4. The summed E-state index contributed by atoms with van der Waals surface area (Å²) in [6.07, 6.45) is 4.36. The predicted octanol–water partition coefficient (Wildman–Crippen LogP) is 2.56. The molecule has 0 aliphatic carbocycles. The Morgan fingerprint density at radius 3 is 2.88 bits per heavy atom. The monoisotopic (exact) mass is 253 g/mol. The Balaban J connectivity index is 2.40. The molecular formula is C13H19NO2S. The number of aryl methyl sites for hydroxylation is 1. The molecule has 0 aliphatic heterocycles. The van der Waals surface area contributed by atoms with Crippen molar-refractivity contribution in [1.29, 1.82) is 0 Å². The molecular weight excluding hydrogens is 234 g/mol. The Bertz CT molecular complexity index is 385. The molecule has 1 aromatic rings. The zero-order chi connectivity index (χ0) is 12.7. The minimum absolute atomic E-state index is 0.0344. The summed E-state index contributed by atoms with van der Waals surface area (Å²) >= 11 is 1.69. The number of ether oxygens (including phenoxy) is 1. The van der Waals surface area contributed by atoms with Crippen LogP contribution in [0.25, 0.3) is 6.08 Å². The molecule has 17 heavy (non-hydrogen) atoms. The number of nitrogens with zero attached hydrogens (tertiary/aromatic N) is 1. The fourth-order valence-corrected chi connectivity index (χ4v) is 2.16. The Kier molecular flexibility index (Phi) is 5.94. The number of hydrogen-bond acceptors (Lipinski definition) is 3. The normalized spacial score (nSPS) is 11.0. The fraction of sp³-hybridized carbons (Fsp3) is 0.462. The summed E-state index contributed by atoms with van der Waals surface area (Å²) < 4.78 is 4.95. The molecule has 0 radical (unpaired) electrons. The van der Waals surface area contributed by atoms with E-state index in [4.69, 9.17) is 4.74 Å². The van der Waals surface area contributed by atoms with Gasteiger partial charge in [0.2, 0.25) is 5.91 Å². The van der Waals surface area contributed by atoms with Gasteiger partial charge in [0, 0.05) is 43.1 Å². The molecule has 1 rings (SSSR count). The van der Waals surface area contributed by atoms with Crippen LogP contribution in [0, 0.1) is 6.92 Å². The van der Waals surface area contributed by atoms with Gasteiger partial charge >= 0.3 is 0 Å². The smallest absolute Gasteiger partial charge is 0.246 e. The van der Waals surface area contributed by atoms with Crippen LogP contribution in [0.5, 0.6) is 0 Å². The summed E-state index contributed by atoms with van der Waals surface area (Å²) in [7, 11) is 3.48. The topological polar surface area (TPSA) is 29.5 Å². The van der Waals surface area contributed by atoms with Gasteiger partial charge in [-0.05, 0) is 31.6 Å². The Labute approximate surface area is 107 Å². The highest BCUT2D eigenvalue weighted by Crippen LogP contribution is 2.16. The van der Waals surface area contributed by atoms with E-state index in [1.165, 1.54) is 4.88 Å². The number of rotatable bonds is 6. The van der Waals surface area contributed by atoms with E-state index in [-0.39, 0.29) is 5.91 Å². The standard InChI is InChI=1S/C13H19NO2S/c1-11-5-6-12(17-11)7-8-13(15)14(2)9-4-10-16-3/h5-8H,4,9-10H2,1-3H3/b8-7+. The van der Waals surface area contributed by atoms with Crippen LogP contribution in [-0.4, -0.2) is 38.1 Å². The number of carbonyl (C=O) groups excluding carboxylic acids is 1. The van der Waals surface area contributed by atoms with Gasteiger partial charge in [-0.1, -0.05) is 0 Å². The first-order valence-corrected chi connectivity index (χ1v) is 6.43. The molecule has 0 atom stereocenters. The lowest BCUT2D eigenvalue weighted by molar-refractivity contribution is -0.124. The molecule has 1 aromatic heterocycles. The maximum atomic E-state index is 11.7. The van der Waals surface area contributed by atoms with Crippen LogP contribution in [0.4, 0.5) is 0 Å². The van der Waals surface area contributed by atoms with Crippen LogP contribution >= 0.6 is 11.3 Å². The number of thiophene rings is 1. The molecule has 1 heterocycles. The van der Waals surface area contributed by atoms with E-state index in [0.29, 0.717) is 6.61 Å². The fourth-order valence-electron chi connectivity index (χ4n) is 1.38. The first-order chi connectivity index (χ1) is 8.13. The first kappa shape index (κ1) is 13.9. The lowest BCUT2D eigenvalue weighted by Crippen LogP contribution is -2.26. The largest absolute Gasteiger partial charge is 0.385 e. The lowest BCUT2D eigenvalue weighted by Gasteiger charge is -2.14. The van der Waals surface area contributed by atoms with Crippen LogP contribution in [0.3, 0.4) is 0 Å². The van der Waals surface area contributed by atoms with Crippen molar-refractivity contribution in [3.63, 3.8) is 0 Å². The van der Waals surface area contributed by atoms with E-state index in [2.05, 4.69) is 13.0 Å². The van der Waals surface area contributed by atoms with Crippen molar-refractivity contribution in [3.8, 4) is 0 Å². The van der Waals surface area contributed by atoms with Gasteiger partial charge in [0.1, 0.15) is 0 Å². The van der Waals surface area contributed by atoms with E-state index < -0.39 is 0 Å². The molecule has 0 unspecified atom stereocenters. The van der Waals surface area contributed by atoms with Crippen molar-refractivity contribution in [1.82, 2.24) is 4.90 Å². The van der Waals surface area contributed by atoms with Crippen LogP contribution in [0.2, 0.25) is 0 Å². The molecule has 0 saturated heterocycles. The van der Waals surface area contributed by atoms with Crippen molar-refractivity contribution >= 4 is 23.3 Å². The molecule has 0 saturated carbocycles. The van der Waals surface area contributed by atoms with Crippen molar-refractivity contribution in [2.24, 2.45) is 0 Å². The summed E-state index contributed by atoms with van der Waals surface area (Å²) in [4.78, 5) is 15.8. The molecule has 0 N–H and O–H groups in total. The van der Waals surface area contributed by atoms with Gasteiger partial charge in [-0.25, -0.2) is 0 Å². The van der Waals surface area contributed by atoms with Crippen LogP contribution in [0.15, 0.2) is 18.2 Å². The van der Waals surface area contributed by atoms with E-state index in [9.17, 15) is 4.79 Å². The third kappa shape index (κ3) is 5.15. The van der Waals surface area contributed by atoms with Gasteiger partial charge in [-0.15, -0.1) is 11.3 Å². The zero-order valence-electron chi connectivity index (χ0n) is 10.6. The minimum Gasteiger partial charge on any atom is -0.385 e. The number of carbonyl (C=O) groups is 1. The summed E-state index contributed by atoms with van der Waals surface area (Å²) in [6, 6.07) is 4.08. The third-order valence-electron chi connectivity index (χ3n) is 2.37. The number of hydrogen-bond donors (Lipinski definition) is 0. The quantitative estimate of drug-likeness (QED) is 0.576. The van der Waals surface area contributed by atoms with Gasteiger partial charge in [0.15, 0.2) is 0 Å². The number of methoxy groups -OCH3 is 1. The van der Waals surface area contributed by atoms with Gasteiger partial charge < -0.3 is 9.64 Å². The molecule has 0 spiro atoms. The molecule has 0 bridgehead atoms. The average molecular weight is 253 g/mol. The molecule has 0 aromatic carbocycles. The second-order valence-electron chi connectivity index (χ2n) is 3.89. The highest BCUT2D eigenvalue weighted by atomic mass is 32.1. The van der Waals surface area contributed by atoms with Gasteiger partial charge in [-0.2, -0.15) is 0 Å². The van der Waals surface area contributed by atoms with Crippen LogP contribution in [-0.2, 0) is 9.53 Å². The lowest BCUT2D eigenvalue weighted by atomic mass is 10.3. The SMILES string of the molecule is COCCCN(C)C(=O)/C=C/c1ccc(C)s1. The van der Waals surface area contributed by atoms with E-state index in [1.54, 1.807) is 29.4 Å². The summed E-state index contributed by atoms with van der Waals surface area (Å²) in [6.45, 7) is 3.46. The van der Waals surface area contributed by atoms with E-state index in [1.807, 2.05) is 19.2 Å². The van der Waals surface area contributed by atoms with Gasteiger partial charge in [0.05, 0.1) is 0 Å². The number of likely N-dealkylation sites (N-methyl/N-ethyl adjacent to an activating group) is 1. The highest BCUT2D eigenvalue weighted by molar-refractivity contribution is 7.12. The van der Waals surface area contributed by atoms with Crippen molar-refractivity contribution in [2.45, 2.75) is 13.3 Å². The second-order valence-corrected chi connectivity index (χ2v) is 5.21. The van der Waals surface area contributed by atoms with Crippen LogP contribution < -0.4 is 0 Å². The Morgan fingerprint density at radius 1 is 1.53 bits per heavy atom. The number of amides is 1. The summed E-state index contributed by atoms with van der Waals surface area (Å²) in [5, 5.41) is 0. The van der Waals surface area contributed by atoms with Crippen LogP contribution in [0.1, 0.15) is 16.2 Å². The molecule has 1 amide bonds. The molecule has 3 nitrogen and oxygen atoms in total. The summed E-state index contributed by atoms with van der Waals surface area (Å²) in [5.74, 6) is 0.0344. The van der Waals surface area contributed by atoms with Gasteiger partial charge in [-0.3, -0.25) is 4.79 Å². The Hall–Kier alpha value is -1.13. The van der Waals surface area contributed by atoms with E-state index in [0.717, 1.165) is 17.8 Å². The maximum absolute atomic E-state index is 11.7. The highest BCUT2D eigenvalue weighted by Gasteiger charge is 2.03. The van der Waals surface area contributed by atoms with E-state index >= 15 is 0 Å². The second kappa shape index (κ2) is 7.25. The van der Waals surface area contributed by atoms with Gasteiger partial charge in [0.25, 0.3) is 0 Å². The molecule has 4 heteroatoms. The Morgan fingerprint density at radius 2 is 2.29 bits per heavy atom. The third-order valence-corrected chi connectivity index (χ3v) is 3.34. The predicted molar refractivity (Wildman–Crippen MR) is 72.2 cm³/mol.